The number of hydrogen-bond donors (Lipinski definition) is 1. The third kappa shape index (κ3) is 2.90. The van der Waals surface area contributed by atoms with Crippen LogP contribution in [-0.2, 0) is 0 Å². The second-order valence-electron chi connectivity index (χ2n) is 4.30. The fraction of sp³-hybridized carbons (Fsp3) is 0.900. The van der Waals surface area contributed by atoms with Gasteiger partial charge >= 0.3 is 0 Å². The van der Waals surface area contributed by atoms with Gasteiger partial charge in [-0.2, -0.15) is 0 Å². The molecule has 0 radical (unpaired) electrons. The first-order valence-corrected chi connectivity index (χ1v) is 6.09. The van der Waals surface area contributed by atoms with Crippen molar-refractivity contribution in [1.82, 2.24) is 5.32 Å². The van der Waals surface area contributed by atoms with Crippen molar-refractivity contribution in [2.45, 2.75) is 44.4 Å². The molecular formula is C10H18N2S. The second kappa shape index (κ2) is 3.91. The van der Waals surface area contributed by atoms with E-state index in [-0.39, 0.29) is 0 Å². The van der Waals surface area contributed by atoms with E-state index < -0.39 is 0 Å². The molecule has 1 heterocycles. The molecular weight excluding hydrogens is 180 g/mol. The van der Waals surface area contributed by atoms with Crippen LogP contribution in [0, 0.1) is 5.92 Å². The van der Waals surface area contributed by atoms with E-state index in [1.807, 2.05) is 11.8 Å². The first-order chi connectivity index (χ1) is 6.24. The number of aliphatic imine (C=N–C) groups is 1. The molecule has 1 aliphatic carbocycles. The smallest absolute Gasteiger partial charge is 0.157 e. The molecule has 0 amide bonds. The highest BCUT2D eigenvalue weighted by Crippen LogP contribution is 2.30. The van der Waals surface area contributed by atoms with Crippen LogP contribution in [0.2, 0.25) is 0 Å². The summed E-state index contributed by atoms with van der Waals surface area (Å²) in [4.78, 5) is 4.61. The average Bonchev–Trinajstić information content (AvgIpc) is 2.81. The lowest BCUT2D eigenvalue weighted by Crippen LogP contribution is -2.38. The van der Waals surface area contributed by atoms with Crippen molar-refractivity contribution in [3.05, 3.63) is 0 Å². The maximum absolute atomic E-state index is 4.61. The van der Waals surface area contributed by atoms with Gasteiger partial charge in [-0.1, -0.05) is 18.7 Å². The van der Waals surface area contributed by atoms with Crippen LogP contribution in [0.25, 0.3) is 0 Å². The zero-order valence-electron chi connectivity index (χ0n) is 8.42. The number of hydrogen-bond acceptors (Lipinski definition) is 2. The van der Waals surface area contributed by atoms with Gasteiger partial charge in [0, 0.05) is 17.8 Å². The molecule has 1 N–H and O–H groups in total. The molecule has 3 heteroatoms. The van der Waals surface area contributed by atoms with Crippen molar-refractivity contribution in [2.24, 2.45) is 10.9 Å². The zero-order valence-corrected chi connectivity index (χ0v) is 9.23. The molecule has 2 unspecified atom stereocenters. The fourth-order valence-corrected chi connectivity index (χ4v) is 2.82. The molecule has 13 heavy (non-hydrogen) atoms. The van der Waals surface area contributed by atoms with E-state index in [1.165, 1.54) is 24.4 Å². The normalized spacial score (nSPS) is 37.5. The fourth-order valence-electron chi connectivity index (χ4n) is 1.64. The van der Waals surface area contributed by atoms with Crippen molar-refractivity contribution in [1.29, 1.82) is 0 Å². The van der Waals surface area contributed by atoms with Crippen LogP contribution in [0.1, 0.15) is 33.1 Å². The van der Waals surface area contributed by atoms with Crippen LogP contribution in [0.3, 0.4) is 0 Å². The van der Waals surface area contributed by atoms with Crippen LogP contribution in [0.15, 0.2) is 4.99 Å². The minimum Gasteiger partial charge on any atom is -0.362 e. The summed E-state index contributed by atoms with van der Waals surface area (Å²) < 4.78 is 0. The largest absolute Gasteiger partial charge is 0.362 e. The van der Waals surface area contributed by atoms with Gasteiger partial charge in [-0.15, -0.1) is 0 Å². The minimum absolute atomic E-state index is 0.606. The topological polar surface area (TPSA) is 24.4 Å². The Kier molecular flexibility index (Phi) is 2.82. The second-order valence-corrected chi connectivity index (χ2v) is 5.73. The van der Waals surface area contributed by atoms with Crippen LogP contribution in [-0.4, -0.2) is 23.0 Å². The molecule has 2 atom stereocenters. The summed E-state index contributed by atoms with van der Waals surface area (Å²) in [5, 5.41) is 5.35. The quantitative estimate of drug-likeness (QED) is 0.736. The molecule has 2 fully saturated rings. The van der Waals surface area contributed by atoms with E-state index >= 15 is 0 Å². The van der Waals surface area contributed by atoms with Crippen LogP contribution < -0.4 is 5.32 Å². The highest BCUT2D eigenvalue weighted by Gasteiger charge is 2.23. The maximum Gasteiger partial charge on any atom is 0.157 e. The van der Waals surface area contributed by atoms with E-state index in [2.05, 4.69) is 24.2 Å². The van der Waals surface area contributed by atoms with Crippen LogP contribution >= 0.6 is 11.8 Å². The number of nitrogens with one attached hydrogen (secondary N) is 1. The number of rotatable bonds is 2. The Bertz CT molecular complexity index is 199. The molecule has 2 nitrogen and oxygen atoms in total. The molecule has 0 bridgehead atoms. The van der Waals surface area contributed by atoms with Gasteiger partial charge in [-0.25, -0.2) is 0 Å². The number of nitrogens with zero attached hydrogens (tertiary/aromatic N) is 1. The Labute approximate surface area is 84.6 Å². The highest BCUT2D eigenvalue weighted by molar-refractivity contribution is 8.14. The van der Waals surface area contributed by atoms with Crippen molar-refractivity contribution in [3.63, 3.8) is 0 Å². The van der Waals surface area contributed by atoms with Gasteiger partial charge in [0.15, 0.2) is 5.17 Å². The summed E-state index contributed by atoms with van der Waals surface area (Å²) in [6.45, 7) is 5.58. The van der Waals surface area contributed by atoms with Crippen LogP contribution in [0.4, 0.5) is 0 Å². The molecule has 1 saturated heterocycles. The average molecular weight is 198 g/mol. The summed E-state index contributed by atoms with van der Waals surface area (Å²) in [7, 11) is 0. The van der Waals surface area contributed by atoms with E-state index in [0.29, 0.717) is 6.04 Å². The van der Waals surface area contributed by atoms with Crippen molar-refractivity contribution in [2.75, 3.05) is 6.54 Å². The van der Waals surface area contributed by atoms with Gasteiger partial charge in [-0.05, 0) is 32.1 Å². The summed E-state index contributed by atoms with van der Waals surface area (Å²) in [5.74, 6) is 0.905. The predicted molar refractivity (Wildman–Crippen MR) is 59.3 cm³/mol. The number of amidine groups is 1. The highest BCUT2D eigenvalue weighted by atomic mass is 32.2. The third-order valence-corrected chi connectivity index (χ3v) is 3.62. The van der Waals surface area contributed by atoms with Crippen molar-refractivity contribution >= 4 is 16.9 Å². The molecule has 2 aliphatic rings. The molecule has 1 saturated carbocycles. The molecule has 0 spiro atoms. The molecule has 2 rings (SSSR count). The van der Waals surface area contributed by atoms with Crippen LogP contribution in [0.5, 0.6) is 0 Å². The Morgan fingerprint density at radius 1 is 1.46 bits per heavy atom. The van der Waals surface area contributed by atoms with Gasteiger partial charge in [0.25, 0.3) is 0 Å². The van der Waals surface area contributed by atoms with Gasteiger partial charge < -0.3 is 5.32 Å². The molecule has 1 aliphatic heterocycles. The molecule has 0 aromatic carbocycles. The minimum atomic E-state index is 0.606. The van der Waals surface area contributed by atoms with Gasteiger partial charge in [0.2, 0.25) is 0 Å². The summed E-state index contributed by atoms with van der Waals surface area (Å²) in [6.07, 6.45) is 4.05. The first-order valence-electron chi connectivity index (χ1n) is 5.21. The maximum atomic E-state index is 4.61. The summed E-state index contributed by atoms with van der Waals surface area (Å²) in [6, 6.07) is 0.606. The third-order valence-electron chi connectivity index (χ3n) is 2.56. The molecule has 74 valence electrons. The van der Waals surface area contributed by atoms with E-state index in [0.717, 1.165) is 17.7 Å². The van der Waals surface area contributed by atoms with Crippen molar-refractivity contribution in [3.8, 4) is 0 Å². The Morgan fingerprint density at radius 2 is 2.23 bits per heavy atom. The number of thioether (sulfide) groups is 1. The van der Waals surface area contributed by atoms with Gasteiger partial charge in [-0.3, -0.25) is 4.99 Å². The van der Waals surface area contributed by atoms with Crippen molar-refractivity contribution < 1.29 is 0 Å². The summed E-state index contributed by atoms with van der Waals surface area (Å²) >= 11 is 1.90. The van der Waals surface area contributed by atoms with Gasteiger partial charge in [0.1, 0.15) is 0 Å². The molecule has 0 aromatic rings. The Balaban J connectivity index is 1.85. The standard InChI is InChI=1S/C10H18N2S/c1-7-5-8(2)13-10(12-7)11-6-9-3-4-9/h7-9H,3-6H2,1-2H3,(H,11,12). The zero-order chi connectivity index (χ0) is 9.26. The lowest BCUT2D eigenvalue weighted by molar-refractivity contribution is 0.597. The van der Waals surface area contributed by atoms with E-state index in [9.17, 15) is 0 Å². The predicted octanol–water partition coefficient (Wildman–Crippen LogP) is 2.26. The Morgan fingerprint density at radius 3 is 2.85 bits per heavy atom. The summed E-state index contributed by atoms with van der Waals surface area (Å²) in [5.41, 5.74) is 0. The van der Waals surface area contributed by atoms with E-state index in [4.69, 9.17) is 0 Å². The lowest BCUT2D eigenvalue weighted by Gasteiger charge is -2.26. The van der Waals surface area contributed by atoms with E-state index in [1.54, 1.807) is 0 Å². The lowest BCUT2D eigenvalue weighted by atomic mass is 10.2. The SMILES string of the molecule is CC1CC(C)SC(=NCC2CC2)N1. The first kappa shape index (κ1) is 9.38. The van der Waals surface area contributed by atoms with Gasteiger partial charge in [0.05, 0.1) is 0 Å². The molecule has 0 aromatic heterocycles. The monoisotopic (exact) mass is 198 g/mol. The Hall–Kier alpha value is -0.180.